The summed E-state index contributed by atoms with van der Waals surface area (Å²) in [6, 6.07) is 6.99. The van der Waals surface area contributed by atoms with Gasteiger partial charge in [-0.05, 0) is 57.5 Å². The Labute approximate surface area is 147 Å². The van der Waals surface area contributed by atoms with Crippen molar-refractivity contribution >= 4 is 22.6 Å². The smallest absolute Gasteiger partial charge is 0.317 e. The molecule has 1 aromatic carbocycles. The molecule has 5 nitrogen and oxygen atoms in total. The quantitative estimate of drug-likeness (QED) is 0.923. The van der Waals surface area contributed by atoms with E-state index >= 15 is 0 Å². The van der Waals surface area contributed by atoms with Gasteiger partial charge in [0.05, 0.1) is 12.1 Å². The highest BCUT2D eigenvalue weighted by Crippen LogP contribution is 2.30. The number of carbonyl (C=O) groups is 1. The zero-order chi connectivity index (χ0) is 18.0. The Balaban J connectivity index is 1.84. The first-order chi connectivity index (χ1) is 11.9. The molecule has 1 aromatic heterocycles. The van der Waals surface area contributed by atoms with Gasteiger partial charge in [-0.15, -0.1) is 0 Å². The largest absolute Gasteiger partial charge is 0.480 e. The second-order valence-corrected chi connectivity index (χ2v) is 6.82. The number of rotatable bonds is 4. The standard InChI is InChI=1S/C19H24FN3O2/c1-13-10-18(16-11-14(20)5-6-17(16)21-13)23-8-3-4-15(7-9-23)22(2)12-19(24)25/h5-6,10-11,15H,3-4,7-9,12H2,1-2H3,(H,24,25). The lowest BCUT2D eigenvalue weighted by Gasteiger charge is -2.27. The fraction of sp³-hybridized carbons (Fsp3) is 0.474. The number of pyridine rings is 1. The van der Waals surface area contributed by atoms with Crippen molar-refractivity contribution in [3.8, 4) is 0 Å². The number of likely N-dealkylation sites (N-methyl/N-ethyl adjacent to an activating group) is 1. The van der Waals surface area contributed by atoms with Gasteiger partial charge in [0, 0.05) is 35.9 Å². The highest BCUT2D eigenvalue weighted by atomic mass is 19.1. The minimum Gasteiger partial charge on any atom is -0.480 e. The van der Waals surface area contributed by atoms with Crippen molar-refractivity contribution in [1.82, 2.24) is 9.88 Å². The topological polar surface area (TPSA) is 56.7 Å². The molecular weight excluding hydrogens is 321 g/mol. The maximum atomic E-state index is 13.7. The number of aromatic nitrogens is 1. The molecule has 1 aliphatic heterocycles. The van der Waals surface area contributed by atoms with Crippen molar-refractivity contribution in [3.63, 3.8) is 0 Å². The molecule has 0 spiro atoms. The monoisotopic (exact) mass is 345 g/mol. The van der Waals surface area contributed by atoms with Gasteiger partial charge in [-0.3, -0.25) is 14.7 Å². The highest BCUT2D eigenvalue weighted by molar-refractivity contribution is 5.92. The van der Waals surface area contributed by atoms with Crippen LogP contribution in [0.3, 0.4) is 0 Å². The van der Waals surface area contributed by atoms with E-state index in [0.717, 1.165) is 54.6 Å². The van der Waals surface area contributed by atoms with E-state index in [9.17, 15) is 9.18 Å². The summed E-state index contributed by atoms with van der Waals surface area (Å²) < 4.78 is 13.7. The summed E-state index contributed by atoms with van der Waals surface area (Å²) in [6.45, 7) is 3.72. The average molecular weight is 345 g/mol. The third-order valence-electron chi connectivity index (χ3n) is 4.92. The summed E-state index contributed by atoms with van der Waals surface area (Å²) in [5.41, 5.74) is 2.74. The van der Waals surface area contributed by atoms with Crippen molar-refractivity contribution in [2.24, 2.45) is 0 Å². The molecule has 0 aliphatic carbocycles. The lowest BCUT2D eigenvalue weighted by atomic mass is 10.1. The number of hydrogen-bond donors (Lipinski definition) is 1. The summed E-state index contributed by atoms with van der Waals surface area (Å²) >= 11 is 0. The van der Waals surface area contributed by atoms with Gasteiger partial charge >= 0.3 is 5.97 Å². The van der Waals surface area contributed by atoms with Gasteiger partial charge in [-0.1, -0.05) is 0 Å². The van der Waals surface area contributed by atoms with Gasteiger partial charge in [0.1, 0.15) is 5.82 Å². The van der Waals surface area contributed by atoms with Crippen molar-refractivity contribution in [3.05, 3.63) is 35.8 Å². The number of aliphatic carboxylic acids is 1. The fourth-order valence-electron chi connectivity index (χ4n) is 3.67. The first kappa shape index (κ1) is 17.6. The molecule has 1 unspecified atom stereocenters. The second kappa shape index (κ2) is 7.35. The number of benzene rings is 1. The maximum Gasteiger partial charge on any atom is 0.317 e. The molecule has 1 saturated heterocycles. The highest BCUT2D eigenvalue weighted by Gasteiger charge is 2.23. The molecule has 1 N–H and O–H groups in total. The van der Waals surface area contributed by atoms with E-state index in [4.69, 9.17) is 5.11 Å². The van der Waals surface area contributed by atoms with Gasteiger partial charge in [0.2, 0.25) is 0 Å². The number of aryl methyl sites for hydroxylation is 1. The predicted octanol–water partition coefficient (Wildman–Crippen LogP) is 3.06. The number of anilines is 1. The maximum absolute atomic E-state index is 13.7. The lowest BCUT2D eigenvalue weighted by Crippen LogP contribution is -2.36. The number of fused-ring (bicyclic) bond motifs is 1. The Bertz CT molecular complexity index is 781. The Kier molecular flexibility index (Phi) is 5.18. The Morgan fingerprint density at radius 3 is 2.92 bits per heavy atom. The van der Waals surface area contributed by atoms with Gasteiger partial charge in [-0.25, -0.2) is 4.39 Å². The van der Waals surface area contributed by atoms with Crippen molar-refractivity contribution in [2.45, 2.75) is 32.2 Å². The van der Waals surface area contributed by atoms with E-state index in [0.29, 0.717) is 0 Å². The Morgan fingerprint density at radius 1 is 1.36 bits per heavy atom. The van der Waals surface area contributed by atoms with E-state index in [1.54, 1.807) is 12.1 Å². The Morgan fingerprint density at radius 2 is 2.16 bits per heavy atom. The van der Waals surface area contributed by atoms with Crippen LogP contribution in [0.15, 0.2) is 24.3 Å². The van der Waals surface area contributed by atoms with E-state index in [-0.39, 0.29) is 18.4 Å². The normalized spacial score (nSPS) is 18.6. The fourth-order valence-corrected chi connectivity index (χ4v) is 3.67. The number of halogens is 1. The molecule has 0 bridgehead atoms. The summed E-state index contributed by atoms with van der Waals surface area (Å²) in [7, 11) is 1.87. The first-order valence-corrected chi connectivity index (χ1v) is 8.68. The molecule has 3 rings (SSSR count). The third kappa shape index (κ3) is 4.07. The van der Waals surface area contributed by atoms with Crippen molar-refractivity contribution in [2.75, 3.05) is 31.6 Å². The van der Waals surface area contributed by atoms with E-state index < -0.39 is 5.97 Å². The molecular formula is C19H24FN3O2. The number of carboxylic acid groups (broad SMARTS) is 1. The van der Waals surface area contributed by atoms with Crippen LogP contribution in [-0.2, 0) is 4.79 Å². The van der Waals surface area contributed by atoms with Crippen LogP contribution in [0.4, 0.5) is 10.1 Å². The molecule has 2 aromatic rings. The van der Waals surface area contributed by atoms with Crippen molar-refractivity contribution < 1.29 is 14.3 Å². The molecule has 0 radical (unpaired) electrons. The zero-order valence-electron chi connectivity index (χ0n) is 14.7. The van der Waals surface area contributed by atoms with Crippen LogP contribution in [0, 0.1) is 12.7 Å². The zero-order valence-corrected chi connectivity index (χ0v) is 14.7. The minimum absolute atomic E-state index is 0.0627. The number of hydrogen-bond acceptors (Lipinski definition) is 4. The molecule has 134 valence electrons. The molecule has 2 heterocycles. The van der Waals surface area contributed by atoms with Crippen LogP contribution in [0.25, 0.3) is 10.9 Å². The van der Waals surface area contributed by atoms with Crippen LogP contribution in [-0.4, -0.2) is 53.7 Å². The summed E-state index contributed by atoms with van der Waals surface area (Å²) in [5.74, 6) is -1.05. The molecule has 1 fully saturated rings. The van der Waals surface area contributed by atoms with Gasteiger partial charge in [0.15, 0.2) is 0 Å². The molecule has 0 saturated carbocycles. The number of nitrogens with zero attached hydrogens (tertiary/aromatic N) is 3. The van der Waals surface area contributed by atoms with Crippen LogP contribution in [0.2, 0.25) is 0 Å². The Hall–Kier alpha value is -2.21. The summed E-state index contributed by atoms with van der Waals surface area (Å²) in [5, 5.41) is 9.83. The predicted molar refractivity (Wildman–Crippen MR) is 96.6 cm³/mol. The molecule has 25 heavy (non-hydrogen) atoms. The first-order valence-electron chi connectivity index (χ1n) is 8.68. The number of carboxylic acids is 1. The summed E-state index contributed by atoms with van der Waals surface area (Å²) in [6.07, 6.45) is 2.84. The molecule has 6 heteroatoms. The van der Waals surface area contributed by atoms with E-state index in [1.165, 1.54) is 6.07 Å². The molecule has 1 atom stereocenters. The lowest BCUT2D eigenvalue weighted by molar-refractivity contribution is -0.138. The van der Waals surface area contributed by atoms with Gasteiger partial charge in [0.25, 0.3) is 0 Å². The van der Waals surface area contributed by atoms with Crippen LogP contribution >= 0.6 is 0 Å². The summed E-state index contributed by atoms with van der Waals surface area (Å²) in [4.78, 5) is 19.7. The molecule has 0 amide bonds. The van der Waals surface area contributed by atoms with Crippen LogP contribution in [0.1, 0.15) is 25.0 Å². The van der Waals surface area contributed by atoms with E-state index in [1.807, 2.05) is 24.9 Å². The van der Waals surface area contributed by atoms with Crippen molar-refractivity contribution in [1.29, 1.82) is 0 Å². The SMILES string of the molecule is Cc1cc(N2CCCC(N(C)CC(=O)O)CC2)c2cc(F)ccc2n1. The molecule has 1 aliphatic rings. The second-order valence-electron chi connectivity index (χ2n) is 6.82. The van der Waals surface area contributed by atoms with Gasteiger partial charge < -0.3 is 10.0 Å². The van der Waals surface area contributed by atoms with Crippen LogP contribution in [0.5, 0.6) is 0 Å². The third-order valence-corrected chi connectivity index (χ3v) is 4.92. The van der Waals surface area contributed by atoms with Crippen LogP contribution < -0.4 is 4.90 Å². The minimum atomic E-state index is -0.796. The van der Waals surface area contributed by atoms with Gasteiger partial charge in [-0.2, -0.15) is 0 Å². The average Bonchev–Trinajstić information content (AvgIpc) is 2.80. The van der Waals surface area contributed by atoms with E-state index in [2.05, 4.69) is 9.88 Å².